The molecule has 160 valence electrons. The Morgan fingerprint density at radius 2 is 1.78 bits per heavy atom. The summed E-state index contributed by atoms with van der Waals surface area (Å²) in [6.45, 7) is 2.94. The Bertz CT molecular complexity index is 1330. The zero-order chi connectivity index (χ0) is 21.9. The van der Waals surface area contributed by atoms with Crippen LogP contribution in [0.3, 0.4) is 0 Å². The van der Waals surface area contributed by atoms with Crippen molar-refractivity contribution in [2.45, 2.75) is 0 Å². The fourth-order valence-corrected chi connectivity index (χ4v) is 3.62. The SMILES string of the molecule is O=C(Nc1cccc(-c2ccc(N3CCOCC3)nn2)c1)c1cc2ccccc2oc1=O. The maximum absolute atomic E-state index is 12.7. The van der Waals surface area contributed by atoms with Gasteiger partial charge < -0.3 is 19.4 Å². The lowest BCUT2D eigenvalue weighted by molar-refractivity contribution is 0.102. The molecule has 0 radical (unpaired) electrons. The van der Waals surface area contributed by atoms with Gasteiger partial charge in [0.15, 0.2) is 5.82 Å². The number of anilines is 2. The van der Waals surface area contributed by atoms with Crippen LogP contribution in [0.1, 0.15) is 10.4 Å². The maximum Gasteiger partial charge on any atom is 0.349 e. The number of aromatic nitrogens is 2. The van der Waals surface area contributed by atoms with Gasteiger partial charge in [-0.3, -0.25) is 4.79 Å². The van der Waals surface area contributed by atoms with E-state index in [-0.39, 0.29) is 5.56 Å². The van der Waals surface area contributed by atoms with E-state index in [1.807, 2.05) is 30.3 Å². The molecule has 1 amide bonds. The molecule has 2 aromatic carbocycles. The molecular formula is C24H20N4O4. The number of ether oxygens (including phenoxy) is 1. The number of rotatable bonds is 4. The van der Waals surface area contributed by atoms with Gasteiger partial charge in [-0.05, 0) is 36.4 Å². The van der Waals surface area contributed by atoms with Crippen molar-refractivity contribution in [1.29, 1.82) is 0 Å². The molecule has 2 aromatic heterocycles. The first kappa shape index (κ1) is 19.9. The van der Waals surface area contributed by atoms with Crippen LogP contribution < -0.4 is 15.8 Å². The predicted molar refractivity (Wildman–Crippen MR) is 121 cm³/mol. The molecule has 0 saturated carbocycles. The van der Waals surface area contributed by atoms with Gasteiger partial charge in [-0.2, -0.15) is 0 Å². The molecule has 32 heavy (non-hydrogen) atoms. The highest BCUT2D eigenvalue weighted by atomic mass is 16.5. The molecule has 1 N–H and O–H groups in total. The first-order valence-corrected chi connectivity index (χ1v) is 10.3. The number of morpholine rings is 1. The molecule has 8 heteroatoms. The van der Waals surface area contributed by atoms with Gasteiger partial charge in [0, 0.05) is 29.7 Å². The van der Waals surface area contributed by atoms with Crippen molar-refractivity contribution in [2.24, 2.45) is 0 Å². The Hall–Kier alpha value is -4.04. The molecule has 5 rings (SSSR count). The smallest absolute Gasteiger partial charge is 0.349 e. The summed E-state index contributed by atoms with van der Waals surface area (Å²) in [5.74, 6) is 0.278. The van der Waals surface area contributed by atoms with E-state index >= 15 is 0 Å². The summed E-state index contributed by atoms with van der Waals surface area (Å²) in [5, 5.41) is 12.1. The second-order valence-electron chi connectivity index (χ2n) is 7.40. The van der Waals surface area contributed by atoms with Gasteiger partial charge in [0.25, 0.3) is 5.91 Å². The Labute approximate surface area is 183 Å². The van der Waals surface area contributed by atoms with E-state index in [1.165, 1.54) is 6.07 Å². The number of hydrogen-bond acceptors (Lipinski definition) is 7. The highest BCUT2D eigenvalue weighted by molar-refractivity contribution is 6.05. The summed E-state index contributed by atoms with van der Waals surface area (Å²) in [6, 6.07) is 19.7. The predicted octanol–water partition coefficient (Wildman–Crippen LogP) is 3.34. The number of carbonyl (C=O) groups is 1. The second-order valence-corrected chi connectivity index (χ2v) is 7.40. The molecule has 0 spiro atoms. The average Bonchev–Trinajstić information content (AvgIpc) is 2.84. The zero-order valence-corrected chi connectivity index (χ0v) is 17.2. The number of benzene rings is 2. The summed E-state index contributed by atoms with van der Waals surface area (Å²) in [6.07, 6.45) is 0. The number of nitrogens with zero attached hydrogens (tertiary/aromatic N) is 3. The number of nitrogens with one attached hydrogen (secondary N) is 1. The minimum absolute atomic E-state index is 0.0521. The standard InChI is InChI=1S/C24H20N4O4/c29-23(19-15-17-4-1-2-7-21(17)32-24(19)30)25-18-6-3-5-16(14-18)20-8-9-22(27-26-20)28-10-12-31-13-11-28/h1-9,14-15H,10-13H2,(H,25,29). The molecule has 3 heterocycles. The van der Waals surface area contributed by atoms with E-state index in [2.05, 4.69) is 20.4 Å². The number of fused-ring (bicyclic) bond motifs is 1. The van der Waals surface area contributed by atoms with Crippen LogP contribution in [0.15, 0.2) is 75.9 Å². The van der Waals surface area contributed by atoms with Crippen molar-refractivity contribution in [3.05, 3.63) is 82.7 Å². The first-order chi connectivity index (χ1) is 15.7. The molecule has 0 aliphatic carbocycles. The molecule has 8 nitrogen and oxygen atoms in total. The van der Waals surface area contributed by atoms with Gasteiger partial charge in [-0.25, -0.2) is 4.79 Å². The number of para-hydroxylation sites is 1. The van der Waals surface area contributed by atoms with Crippen LogP contribution in [0.4, 0.5) is 11.5 Å². The van der Waals surface area contributed by atoms with Gasteiger partial charge in [-0.15, -0.1) is 10.2 Å². The van der Waals surface area contributed by atoms with E-state index in [0.717, 1.165) is 24.5 Å². The van der Waals surface area contributed by atoms with Crippen LogP contribution in [-0.2, 0) is 4.74 Å². The summed E-state index contributed by atoms with van der Waals surface area (Å²) in [5.41, 5.74) is 1.73. The summed E-state index contributed by atoms with van der Waals surface area (Å²) in [4.78, 5) is 27.1. The van der Waals surface area contributed by atoms with Gasteiger partial charge in [-0.1, -0.05) is 30.3 Å². The van der Waals surface area contributed by atoms with Crippen molar-refractivity contribution < 1.29 is 13.9 Å². The van der Waals surface area contributed by atoms with E-state index in [4.69, 9.17) is 9.15 Å². The monoisotopic (exact) mass is 428 g/mol. The molecule has 1 aliphatic heterocycles. The molecule has 4 aromatic rings. The van der Waals surface area contributed by atoms with E-state index in [9.17, 15) is 9.59 Å². The third kappa shape index (κ3) is 4.08. The maximum atomic E-state index is 12.7. The quantitative estimate of drug-likeness (QED) is 0.498. The minimum atomic E-state index is -0.679. The Morgan fingerprint density at radius 3 is 2.59 bits per heavy atom. The van der Waals surface area contributed by atoms with E-state index in [0.29, 0.717) is 35.6 Å². The molecule has 0 bridgehead atoms. The normalized spacial score (nSPS) is 13.8. The van der Waals surface area contributed by atoms with Gasteiger partial charge in [0.2, 0.25) is 0 Å². The molecule has 0 atom stereocenters. The highest BCUT2D eigenvalue weighted by Gasteiger charge is 2.15. The number of amides is 1. The molecule has 1 aliphatic rings. The topological polar surface area (TPSA) is 97.6 Å². The zero-order valence-electron chi connectivity index (χ0n) is 17.2. The molecule has 1 fully saturated rings. The second kappa shape index (κ2) is 8.60. The first-order valence-electron chi connectivity index (χ1n) is 10.3. The van der Waals surface area contributed by atoms with Crippen molar-refractivity contribution in [3.63, 3.8) is 0 Å². The van der Waals surface area contributed by atoms with Crippen LogP contribution >= 0.6 is 0 Å². The summed E-state index contributed by atoms with van der Waals surface area (Å²) < 4.78 is 10.6. The molecule has 1 saturated heterocycles. The van der Waals surface area contributed by atoms with Crippen LogP contribution in [0.25, 0.3) is 22.2 Å². The van der Waals surface area contributed by atoms with E-state index < -0.39 is 11.5 Å². The van der Waals surface area contributed by atoms with Crippen molar-refractivity contribution in [3.8, 4) is 11.3 Å². The fraction of sp³-hybridized carbons (Fsp3) is 0.167. The van der Waals surface area contributed by atoms with Crippen molar-refractivity contribution in [1.82, 2.24) is 10.2 Å². The third-order valence-electron chi connectivity index (χ3n) is 5.29. The fourth-order valence-electron chi connectivity index (χ4n) is 3.62. The van der Waals surface area contributed by atoms with Crippen molar-refractivity contribution >= 4 is 28.4 Å². The van der Waals surface area contributed by atoms with Crippen LogP contribution in [0, 0.1) is 0 Å². The minimum Gasteiger partial charge on any atom is -0.422 e. The Balaban J connectivity index is 1.36. The lowest BCUT2D eigenvalue weighted by atomic mass is 10.1. The summed E-state index contributed by atoms with van der Waals surface area (Å²) in [7, 11) is 0. The lowest BCUT2D eigenvalue weighted by Gasteiger charge is -2.27. The molecular weight excluding hydrogens is 408 g/mol. The van der Waals surface area contributed by atoms with Crippen molar-refractivity contribution in [2.75, 3.05) is 36.5 Å². The Morgan fingerprint density at radius 1 is 0.938 bits per heavy atom. The highest BCUT2D eigenvalue weighted by Crippen LogP contribution is 2.23. The number of carbonyl (C=O) groups excluding carboxylic acids is 1. The third-order valence-corrected chi connectivity index (χ3v) is 5.29. The lowest BCUT2D eigenvalue weighted by Crippen LogP contribution is -2.36. The van der Waals surface area contributed by atoms with Gasteiger partial charge >= 0.3 is 5.63 Å². The molecule has 0 unspecified atom stereocenters. The van der Waals surface area contributed by atoms with Crippen LogP contribution in [0.2, 0.25) is 0 Å². The largest absolute Gasteiger partial charge is 0.422 e. The Kier molecular flexibility index (Phi) is 5.35. The average molecular weight is 428 g/mol. The van der Waals surface area contributed by atoms with Crippen LogP contribution in [0.5, 0.6) is 0 Å². The number of hydrogen-bond donors (Lipinski definition) is 1. The summed E-state index contributed by atoms with van der Waals surface area (Å²) >= 11 is 0. The van der Waals surface area contributed by atoms with E-state index in [1.54, 1.807) is 30.3 Å². The van der Waals surface area contributed by atoms with Gasteiger partial charge in [0.05, 0.1) is 18.9 Å². The van der Waals surface area contributed by atoms with Gasteiger partial charge in [0.1, 0.15) is 11.1 Å². The van der Waals surface area contributed by atoms with Crippen LogP contribution in [-0.4, -0.2) is 42.4 Å².